The van der Waals surface area contributed by atoms with E-state index in [1.165, 1.54) is 51.4 Å². The quantitative estimate of drug-likeness (QED) is 0.357. The van der Waals surface area contributed by atoms with Gasteiger partial charge in [0.25, 0.3) is 0 Å². The van der Waals surface area contributed by atoms with Crippen LogP contribution >= 0.6 is 0 Å². The van der Waals surface area contributed by atoms with Crippen LogP contribution in [0.5, 0.6) is 0 Å². The smallest absolute Gasteiger partial charge is 0.173 e. The summed E-state index contributed by atoms with van der Waals surface area (Å²) in [5.41, 5.74) is 0. The van der Waals surface area contributed by atoms with Crippen LogP contribution in [0.4, 0.5) is 0 Å². The van der Waals surface area contributed by atoms with Gasteiger partial charge in [0.2, 0.25) is 0 Å². The molecule has 7 N–H and O–H groups in total. The lowest BCUT2D eigenvalue weighted by Gasteiger charge is -2.52. The molecule has 2 aliphatic heterocycles. The summed E-state index contributed by atoms with van der Waals surface area (Å²) in [6.07, 6.45) is 5.41. The van der Waals surface area contributed by atoms with Crippen molar-refractivity contribution in [3.8, 4) is 0 Å². The van der Waals surface area contributed by atoms with Crippen molar-refractivity contribution in [3.05, 3.63) is 0 Å². The lowest BCUT2D eigenvalue weighted by atomic mass is 9.65. The first-order valence-corrected chi connectivity index (χ1v) is 10.5. The van der Waals surface area contributed by atoms with Gasteiger partial charge in [0, 0.05) is 17.9 Å². The Labute approximate surface area is 155 Å². The minimum absolute atomic E-state index is 0.242. The first-order chi connectivity index (χ1) is 12.6. The standard InChI is InChI=1S/C19H34N2O5/c22-9-14-17(23)18(24)16(19(25)26-14)21-15-10-5-1-3-7-12(10)20-13-8-4-2-6-11(13)15/h10-25H,1-9H2/p+1. The Balaban J connectivity index is 1.53. The lowest BCUT2D eigenvalue weighted by Crippen LogP contribution is -3.02. The highest BCUT2D eigenvalue weighted by Gasteiger charge is 2.52. The molecule has 0 amide bonds. The van der Waals surface area contributed by atoms with Gasteiger partial charge >= 0.3 is 0 Å². The van der Waals surface area contributed by atoms with E-state index < -0.39 is 37.3 Å². The zero-order valence-electron chi connectivity index (χ0n) is 15.4. The van der Waals surface area contributed by atoms with Gasteiger partial charge in [-0.25, -0.2) is 0 Å². The van der Waals surface area contributed by atoms with E-state index in [0.29, 0.717) is 23.9 Å². The summed E-state index contributed by atoms with van der Waals surface area (Å²) in [5.74, 6) is 1.07. The molecular formula is C19H35N2O5+. The highest BCUT2D eigenvalue weighted by atomic mass is 16.6. The van der Waals surface area contributed by atoms with Crippen LogP contribution in [-0.4, -0.2) is 75.8 Å². The highest BCUT2D eigenvalue weighted by Crippen LogP contribution is 2.38. The summed E-state index contributed by atoms with van der Waals surface area (Å²) in [6, 6.07) is 0.761. The molecule has 9 unspecified atom stereocenters. The second-order valence-electron chi connectivity index (χ2n) is 8.86. The molecule has 4 aliphatic rings. The van der Waals surface area contributed by atoms with Gasteiger partial charge in [-0.3, -0.25) is 0 Å². The summed E-state index contributed by atoms with van der Waals surface area (Å²) >= 11 is 0. The minimum atomic E-state index is -1.22. The lowest BCUT2D eigenvalue weighted by molar-refractivity contribution is -0.749. The van der Waals surface area contributed by atoms with Crippen molar-refractivity contribution in [1.82, 2.24) is 5.32 Å². The van der Waals surface area contributed by atoms with Crippen LogP contribution < -0.4 is 10.6 Å². The van der Waals surface area contributed by atoms with Crippen molar-refractivity contribution in [3.63, 3.8) is 0 Å². The number of rotatable bonds is 3. The summed E-state index contributed by atoms with van der Waals surface area (Å²) in [5, 5.41) is 46.6. The number of quaternary nitrogens is 1. The topological polar surface area (TPSA) is 119 Å². The Morgan fingerprint density at radius 1 is 0.808 bits per heavy atom. The second kappa shape index (κ2) is 7.99. The average molecular weight is 371 g/mol. The highest BCUT2D eigenvalue weighted by molar-refractivity contribution is 5.01. The number of nitrogens with two attached hydrogens (primary N) is 1. The fourth-order valence-corrected chi connectivity index (χ4v) is 6.13. The molecule has 150 valence electrons. The molecule has 0 radical (unpaired) electrons. The summed E-state index contributed by atoms with van der Waals surface area (Å²) < 4.78 is 5.37. The molecule has 4 rings (SSSR count). The van der Waals surface area contributed by atoms with Crippen molar-refractivity contribution in [2.45, 2.75) is 100 Å². The fourth-order valence-electron chi connectivity index (χ4n) is 6.13. The summed E-state index contributed by atoms with van der Waals surface area (Å²) in [6.45, 7) is -0.421. The van der Waals surface area contributed by atoms with Gasteiger partial charge < -0.3 is 35.8 Å². The minimum Gasteiger partial charge on any atom is -0.394 e. The number of hydrogen-bond donors (Lipinski definition) is 6. The molecule has 4 fully saturated rings. The molecule has 7 heteroatoms. The van der Waals surface area contributed by atoms with Crippen LogP contribution in [-0.2, 0) is 4.74 Å². The Morgan fingerprint density at radius 2 is 1.38 bits per heavy atom. The first-order valence-electron chi connectivity index (χ1n) is 10.5. The van der Waals surface area contributed by atoms with Gasteiger partial charge in [-0.1, -0.05) is 12.8 Å². The summed E-state index contributed by atoms with van der Waals surface area (Å²) in [4.78, 5) is 0. The van der Waals surface area contributed by atoms with Crippen LogP contribution in [0.15, 0.2) is 0 Å². The Morgan fingerprint density at radius 3 is 1.96 bits per heavy atom. The third-order valence-corrected chi connectivity index (χ3v) is 7.45. The van der Waals surface area contributed by atoms with Crippen molar-refractivity contribution in [2.24, 2.45) is 11.8 Å². The SMILES string of the molecule is OCC1OC(O)C(NC2C3CCCCC3[NH2+]C3CCCCC32)C(O)C1O. The van der Waals surface area contributed by atoms with Gasteiger partial charge in [0.05, 0.1) is 24.7 Å². The maximum atomic E-state index is 10.6. The van der Waals surface area contributed by atoms with E-state index in [-0.39, 0.29) is 6.04 Å². The van der Waals surface area contributed by atoms with Gasteiger partial charge in [0.1, 0.15) is 18.3 Å². The van der Waals surface area contributed by atoms with Gasteiger partial charge in [-0.05, 0) is 38.5 Å². The molecule has 2 saturated heterocycles. The molecule has 0 aromatic rings. The molecule has 2 aliphatic carbocycles. The van der Waals surface area contributed by atoms with Crippen LogP contribution in [0.2, 0.25) is 0 Å². The van der Waals surface area contributed by atoms with Crippen molar-refractivity contribution in [1.29, 1.82) is 0 Å². The number of aliphatic hydroxyl groups excluding tert-OH is 4. The molecule has 2 saturated carbocycles. The number of ether oxygens (including phenoxy) is 1. The third-order valence-electron chi connectivity index (χ3n) is 7.45. The van der Waals surface area contributed by atoms with Crippen LogP contribution in [0.1, 0.15) is 51.4 Å². The predicted octanol–water partition coefficient (Wildman–Crippen LogP) is -1.56. The predicted molar refractivity (Wildman–Crippen MR) is 94.1 cm³/mol. The van der Waals surface area contributed by atoms with E-state index in [9.17, 15) is 20.4 Å². The number of nitrogens with one attached hydrogen (secondary N) is 1. The normalized spacial score (nSPS) is 52.2. The van der Waals surface area contributed by atoms with Crippen LogP contribution in [0.3, 0.4) is 0 Å². The van der Waals surface area contributed by atoms with Crippen LogP contribution in [0.25, 0.3) is 0 Å². The Hall–Kier alpha value is -0.280. The molecule has 7 nitrogen and oxygen atoms in total. The Kier molecular flexibility index (Phi) is 5.86. The molecule has 2 heterocycles. The second-order valence-corrected chi connectivity index (χ2v) is 8.86. The van der Waals surface area contributed by atoms with Crippen molar-refractivity contribution >= 4 is 0 Å². The first kappa shape index (κ1) is 19.1. The zero-order chi connectivity index (χ0) is 18.3. The monoisotopic (exact) mass is 371 g/mol. The van der Waals surface area contributed by atoms with Gasteiger partial charge in [-0.15, -0.1) is 0 Å². The number of piperidine rings is 1. The average Bonchev–Trinajstić information content (AvgIpc) is 2.67. The number of fused-ring (bicyclic) bond motifs is 2. The third kappa shape index (κ3) is 3.43. The molecule has 0 aromatic carbocycles. The maximum Gasteiger partial charge on any atom is 0.173 e. The van der Waals surface area contributed by atoms with E-state index in [1.807, 2.05) is 0 Å². The van der Waals surface area contributed by atoms with Crippen molar-refractivity contribution in [2.75, 3.05) is 6.61 Å². The Bertz CT molecular complexity index is 459. The van der Waals surface area contributed by atoms with Gasteiger partial charge in [0.15, 0.2) is 6.29 Å². The largest absolute Gasteiger partial charge is 0.394 e. The maximum absolute atomic E-state index is 10.6. The fraction of sp³-hybridized carbons (Fsp3) is 1.00. The molecule has 0 bridgehead atoms. The molecule has 26 heavy (non-hydrogen) atoms. The molecule has 9 atom stereocenters. The van der Waals surface area contributed by atoms with E-state index in [1.54, 1.807) is 0 Å². The van der Waals surface area contributed by atoms with Crippen molar-refractivity contribution < 1.29 is 30.5 Å². The van der Waals surface area contributed by atoms with Crippen LogP contribution in [0, 0.1) is 11.8 Å². The summed E-state index contributed by atoms with van der Waals surface area (Å²) in [7, 11) is 0. The van der Waals surface area contributed by atoms with Gasteiger partial charge in [-0.2, -0.15) is 0 Å². The molecule has 0 spiro atoms. The van der Waals surface area contributed by atoms with E-state index in [0.717, 1.165) is 0 Å². The zero-order valence-corrected chi connectivity index (χ0v) is 15.4. The van der Waals surface area contributed by atoms with E-state index in [2.05, 4.69) is 10.6 Å². The number of aliphatic hydroxyl groups is 4. The molecule has 0 aromatic heterocycles. The molecular weight excluding hydrogens is 336 g/mol. The van der Waals surface area contributed by atoms with E-state index in [4.69, 9.17) is 4.74 Å². The van der Waals surface area contributed by atoms with E-state index >= 15 is 0 Å². The number of hydrogen-bond acceptors (Lipinski definition) is 6.